The molecule has 0 saturated carbocycles. The maximum absolute atomic E-state index is 13.0. The van der Waals surface area contributed by atoms with Gasteiger partial charge in [-0.05, 0) is 56.3 Å². The van der Waals surface area contributed by atoms with Crippen LogP contribution in [-0.4, -0.2) is 24.5 Å². The number of barbiturate groups is 1. The summed E-state index contributed by atoms with van der Waals surface area (Å²) in [6, 6.07) is 17.1. The zero-order valence-electron chi connectivity index (χ0n) is 17.5. The molecule has 1 saturated heterocycles. The Morgan fingerprint density at radius 1 is 1.06 bits per heavy atom. The number of benzene rings is 2. The molecule has 2 heterocycles. The number of hydrogen-bond donors (Lipinski definition) is 1. The Labute approximate surface area is 189 Å². The fraction of sp³-hybridized carbons (Fsp3) is 0.125. The summed E-state index contributed by atoms with van der Waals surface area (Å²) in [7, 11) is 0. The third kappa shape index (κ3) is 4.60. The quantitative estimate of drug-likeness (QED) is 0.430. The van der Waals surface area contributed by atoms with Gasteiger partial charge in [-0.15, -0.1) is 0 Å². The van der Waals surface area contributed by atoms with Crippen molar-refractivity contribution in [2.75, 3.05) is 11.5 Å². The highest BCUT2D eigenvalue weighted by molar-refractivity contribution is 7.99. The third-order valence-electron chi connectivity index (χ3n) is 4.62. The third-order valence-corrected chi connectivity index (χ3v) is 5.55. The number of amides is 4. The molecule has 8 heteroatoms. The van der Waals surface area contributed by atoms with E-state index in [-0.39, 0.29) is 5.57 Å². The van der Waals surface area contributed by atoms with Crippen LogP contribution in [-0.2, 0) is 9.59 Å². The number of urea groups is 1. The molecule has 1 aliphatic heterocycles. The van der Waals surface area contributed by atoms with Crippen molar-refractivity contribution in [1.29, 1.82) is 0 Å². The van der Waals surface area contributed by atoms with E-state index >= 15 is 0 Å². The molecule has 162 valence electrons. The Balaban J connectivity index is 1.59. The second kappa shape index (κ2) is 9.15. The van der Waals surface area contributed by atoms with Gasteiger partial charge < -0.3 is 9.15 Å². The fourth-order valence-electron chi connectivity index (χ4n) is 3.10. The Morgan fingerprint density at radius 3 is 2.59 bits per heavy atom. The second-order valence-corrected chi connectivity index (χ2v) is 8.04. The van der Waals surface area contributed by atoms with Gasteiger partial charge in [0, 0.05) is 11.0 Å². The summed E-state index contributed by atoms with van der Waals surface area (Å²) in [6.45, 7) is 4.29. The fourth-order valence-corrected chi connectivity index (χ4v) is 3.88. The van der Waals surface area contributed by atoms with Gasteiger partial charge in [0.25, 0.3) is 11.8 Å². The first kappa shape index (κ1) is 21.5. The van der Waals surface area contributed by atoms with E-state index in [0.717, 1.165) is 15.4 Å². The highest BCUT2D eigenvalue weighted by Gasteiger charge is 2.37. The van der Waals surface area contributed by atoms with E-state index in [1.807, 2.05) is 38.1 Å². The second-order valence-electron chi connectivity index (χ2n) is 6.96. The molecular weight excluding hydrogens is 428 g/mol. The minimum Gasteiger partial charge on any atom is -0.494 e. The molecule has 0 spiro atoms. The topological polar surface area (TPSA) is 88.8 Å². The Hall–Kier alpha value is -3.78. The van der Waals surface area contributed by atoms with E-state index in [1.165, 1.54) is 17.8 Å². The number of aryl methyl sites for hydroxylation is 1. The lowest BCUT2D eigenvalue weighted by atomic mass is 10.1. The van der Waals surface area contributed by atoms with Gasteiger partial charge >= 0.3 is 6.03 Å². The van der Waals surface area contributed by atoms with Crippen LogP contribution in [0.3, 0.4) is 0 Å². The molecule has 0 bridgehead atoms. The molecular formula is C24H20N2O5S. The summed E-state index contributed by atoms with van der Waals surface area (Å²) in [5, 5.41) is 2.82. The molecule has 3 aromatic rings. The first-order valence-corrected chi connectivity index (χ1v) is 10.7. The predicted molar refractivity (Wildman–Crippen MR) is 121 cm³/mol. The van der Waals surface area contributed by atoms with Gasteiger partial charge in [0.1, 0.15) is 17.1 Å². The first-order valence-electron chi connectivity index (χ1n) is 9.93. The molecule has 2 aromatic carbocycles. The minimum atomic E-state index is -0.819. The van der Waals surface area contributed by atoms with Gasteiger partial charge in [-0.25, -0.2) is 9.69 Å². The Bertz CT molecular complexity index is 1210. The number of hydrogen-bond acceptors (Lipinski definition) is 6. The van der Waals surface area contributed by atoms with Crippen LogP contribution in [0.4, 0.5) is 10.5 Å². The predicted octanol–water partition coefficient (Wildman–Crippen LogP) is 4.80. The van der Waals surface area contributed by atoms with Gasteiger partial charge in [0.05, 0.1) is 12.3 Å². The van der Waals surface area contributed by atoms with Crippen LogP contribution in [0, 0.1) is 6.92 Å². The molecule has 1 N–H and O–H groups in total. The van der Waals surface area contributed by atoms with Gasteiger partial charge in [-0.1, -0.05) is 35.5 Å². The van der Waals surface area contributed by atoms with Crippen LogP contribution in [0.5, 0.6) is 5.75 Å². The number of ether oxygens (including phenoxy) is 1. The SMILES string of the molecule is CCOc1cccc(N2C(=O)NC(=O)/C(=C\c3ccc(Sc4ccc(C)cc4)o3)C2=O)c1. The van der Waals surface area contributed by atoms with Crippen LogP contribution >= 0.6 is 11.8 Å². The molecule has 4 amide bonds. The van der Waals surface area contributed by atoms with Crippen molar-refractivity contribution in [1.82, 2.24) is 5.32 Å². The van der Waals surface area contributed by atoms with Gasteiger partial charge in [0.15, 0.2) is 5.09 Å². The molecule has 0 aliphatic carbocycles. The molecule has 7 nitrogen and oxygen atoms in total. The molecule has 4 rings (SSSR count). The van der Waals surface area contributed by atoms with Crippen molar-refractivity contribution >= 4 is 41.4 Å². The van der Waals surface area contributed by atoms with Crippen LogP contribution < -0.4 is 15.0 Å². The average molecular weight is 449 g/mol. The van der Waals surface area contributed by atoms with E-state index in [9.17, 15) is 14.4 Å². The number of furan rings is 1. The standard InChI is InChI=1S/C24H20N2O5S/c1-3-30-17-6-4-5-16(13-17)26-23(28)20(22(27)25-24(26)29)14-18-9-12-21(31-18)32-19-10-7-15(2)8-11-19/h4-14H,3H2,1-2H3,(H,25,27,29)/b20-14+. The normalized spacial score (nSPS) is 15.2. The van der Waals surface area contributed by atoms with Crippen LogP contribution in [0.2, 0.25) is 0 Å². The van der Waals surface area contributed by atoms with Crippen LogP contribution in [0.15, 0.2) is 80.6 Å². The van der Waals surface area contributed by atoms with E-state index in [1.54, 1.807) is 36.4 Å². The van der Waals surface area contributed by atoms with Crippen LogP contribution in [0.25, 0.3) is 6.08 Å². The zero-order valence-corrected chi connectivity index (χ0v) is 18.3. The molecule has 0 radical (unpaired) electrons. The lowest BCUT2D eigenvalue weighted by Gasteiger charge is -2.26. The Kier molecular flexibility index (Phi) is 6.13. The summed E-state index contributed by atoms with van der Waals surface area (Å²) in [6.07, 6.45) is 1.34. The number of carbonyl (C=O) groups is 3. The van der Waals surface area contributed by atoms with Crippen molar-refractivity contribution in [3.8, 4) is 5.75 Å². The van der Waals surface area contributed by atoms with Gasteiger partial charge in [0.2, 0.25) is 0 Å². The van der Waals surface area contributed by atoms with E-state index in [0.29, 0.717) is 28.9 Å². The molecule has 32 heavy (non-hydrogen) atoms. The molecule has 0 atom stereocenters. The lowest BCUT2D eigenvalue weighted by Crippen LogP contribution is -2.54. The van der Waals surface area contributed by atoms with Crippen molar-refractivity contribution in [2.45, 2.75) is 23.8 Å². The van der Waals surface area contributed by atoms with Crippen molar-refractivity contribution in [3.63, 3.8) is 0 Å². The lowest BCUT2D eigenvalue weighted by molar-refractivity contribution is -0.122. The zero-order chi connectivity index (χ0) is 22.7. The van der Waals surface area contributed by atoms with E-state index < -0.39 is 17.8 Å². The number of imide groups is 2. The highest BCUT2D eigenvalue weighted by Crippen LogP contribution is 2.31. The molecule has 1 aliphatic rings. The number of carbonyl (C=O) groups excluding carboxylic acids is 3. The van der Waals surface area contributed by atoms with Crippen molar-refractivity contribution in [2.24, 2.45) is 0 Å². The van der Waals surface area contributed by atoms with Crippen molar-refractivity contribution in [3.05, 3.63) is 77.6 Å². The summed E-state index contributed by atoms with van der Waals surface area (Å²) in [5.41, 5.74) is 1.26. The maximum Gasteiger partial charge on any atom is 0.335 e. The van der Waals surface area contributed by atoms with Crippen LogP contribution in [0.1, 0.15) is 18.2 Å². The molecule has 1 aromatic heterocycles. The number of anilines is 1. The van der Waals surface area contributed by atoms with Gasteiger partial charge in [-0.3, -0.25) is 14.9 Å². The largest absolute Gasteiger partial charge is 0.494 e. The summed E-state index contributed by atoms with van der Waals surface area (Å²) in [4.78, 5) is 39.7. The maximum atomic E-state index is 13.0. The van der Waals surface area contributed by atoms with Gasteiger partial charge in [-0.2, -0.15) is 0 Å². The summed E-state index contributed by atoms with van der Waals surface area (Å²) in [5.74, 6) is -0.676. The number of nitrogens with zero attached hydrogens (tertiary/aromatic N) is 1. The molecule has 1 fully saturated rings. The van der Waals surface area contributed by atoms with E-state index in [2.05, 4.69) is 5.32 Å². The summed E-state index contributed by atoms with van der Waals surface area (Å²) >= 11 is 1.42. The number of nitrogens with one attached hydrogen (secondary N) is 1. The Morgan fingerprint density at radius 2 is 1.84 bits per heavy atom. The summed E-state index contributed by atoms with van der Waals surface area (Å²) < 4.78 is 11.2. The molecule has 0 unspecified atom stereocenters. The van der Waals surface area contributed by atoms with Crippen molar-refractivity contribution < 1.29 is 23.5 Å². The average Bonchev–Trinajstić information content (AvgIpc) is 3.20. The number of rotatable bonds is 6. The first-order chi connectivity index (χ1) is 15.4. The highest BCUT2D eigenvalue weighted by atomic mass is 32.2. The monoisotopic (exact) mass is 448 g/mol. The smallest absolute Gasteiger partial charge is 0.335 e. The minimum absolute atomic E-state index is 0.201. The van der Waals surface area contributed by atoms with E-state index in [4.69, 9.17) is 9.15 Å².